The molecule has 7 nitrogen and oxygen atoms in total. The van der Waals surface area contributed by atoms with Crippen LogP contribution in [0.4, 0.5) is 5.13 Å². The van der Waals surface area contributed by atoms with Gasteiger partial charge in [0, 0.05) is 17.9 Å². The van der Waals surface area contributed by atoms with Gasteiger partial charge in [-0.15, -0.1) is 10.2 Å². The molecule has 2 rings (SSSR count). The molecular weight excluding hydrogens is 386 g/mol. The standard InChI is InChI=1S/C18H25N3O4S2/c1-4-5-8-19-17-20-21-18(27-17)26-11-14(23)10-25-15-7-6-13(12(2)22)9-16(15)24-3/h6-7,9,14,23H,4-5,8,10-11H2,1-3H3,(H,19,20). The number of ketones is 1. The van der Waals surface area contributed by atoms with E-state index < -0.39 is 6.10 Å². The van der Waals surface area contributed by atoms with E-state index in [4.69, 9.17) is 9.47 Å². The van der Waals surface area contributed by atoms with Gasteiger partial charge in [0.05, 0.1) is 13.2 Å². The summed E-state index contributed by atoms with van der Waals surface area (Å²) in [5.74, 6) is 1.36. The first-order chi connectivity index (χ1) is 13.0. The van der Waals surface area contributed by atoms with Crippen molar-refractivity contribution in [3.05, 3.63) is 23.8 Å². The van der Waals surface area contributed by atoms with Gasteiger partial charge in [-0.3, -0.25) is 4.79 Å². The van der Waals surface area contributed by atoms with Gasteiger partial charge >= 0.3 is 0 Å². The summed E-state index contributed by atoms with van der Waals surface area (Å²) in [4.78, 5) is 11.4. The third kappa shape index (κ3) is 7.00. The molecule has 0 bridgehead atoms. The lowest BCUT2D eigenvalue weighted by Crippen LogP contribution is -2.20. The van der Waals surface area contributed by atoms with Crippen molar-refractivity contribution in [1.29, 1.82) is 0 Å². The number of benzene rings is 1. The Morgan fingerprint density at radius 1 is 1.37 bits per heavy atom. The summed E-state index contributed by atoms with van der Waals surface area (Å²) >= 11 is 2.91. The van der Waals surface area contributed by atoms with Crippen LogP contribution in [-0.4, -0.2) is 53.2 Å². The number of aliphatic hydroxyl groups is 1. The predicted octanol–water partition coefficient (Wildman–Crippen LogP) is 3.49. The Bertz CT molecular complexity index is 739. The third-order valence-corrected chi connectivity index (χ3v) is 5.77. The Morgan fingerprint density at radius 2 is 2.19 bits per heavy atom. The fourth-order valence-electron chi connectivity index (χ4n) is 2.12. The number of nitrogens with zero attached hydrogens (tertiary/aromatic N) is 2. The quantitative estimate of drug-likeness (QED) is 0.311. The van der Waals surface area contributed by atoms with Crippen molar-refractivity contribution in [2.24, 2.45) is 0 Å². The maximum atomic E-state index is 11.4. The van der Waals surface area contributed by atoms with E-state index in [1.807, 2.05) is 0 Å². The van der Waals surface area contributed by atoms with Crippen molar-refractivity contribution in [1.82, 2.24) is 10.2 Å². The topological polar surface area (TPSA) is 93.6 Å². The lowest BCUT2D eigenvalue weighted by atomic mass is 10.1. The third-order valence-electron chi connectivity index (χ3n) is 3.61. The number of rotatable bonds is 12. The number of aromatic nitrogens is 2. The molecule has 1 aromatic carbocycles. The molecule has 9 heteroatoms. The van der Waals surface area contributed by atoms with Crippen LogP contribution in [0, 0.1) is 0 Å². The van der Waals surface area contributed by atoms with Gasteiger partial charge in [0.15, 0.2) is 21.6 Å². The van der Waals surface area contributed by atoms with Crippen LogP contribution < -0.4 is 14.8 Å². The van der Waals surface area contributed by atoms with Gasteiger partial charge in [-0.05, 0) is 31.5 Å². The Balaban J connectivity index is 1.79. The van der Waals surface area contributed by atoms with Gasteiger partial charge < -0.3 is 19.9 Å². The normalized spacial score (nSPS) is 11.9. The number of thioether (sulfide) groups is 1. The number of anilines is 1. The largest absolute Gasteiger partial charge is 0.493 e. The number of nitrogens with one attached hydrogen (secondary N) is 1. The zero-order chi connectivity index (χ0) is 19.6. The summed E-state index contributed by atoms with van der Waals surface area (Å²) in [5, 5.41) is 22.4. The number of carbonyl (C=O) groups excluding carboxylic acids is 1. The Morgan fingerprint density at radius 3 is 2.89 bits per heavy atom. The Hall–Kier alpha value is -1.84. The van der Waals surface area contributed by atoms with Crippen molar-refractivity contribution < 1.29 is 19.4 Å². The summed E-state index contributed by atoms with van der Waals surface area (Å²) in [6.45, 7) is 4.63. The second-order valence-electron chi connectivity index (χ2n) is 5.85. The molecule has 0 spiro atoms. The van der Waals surface area contributed by atoms with Crippen LogP contribution in [0.25, 0.3) is 0 Å². The van der Waals surface area contributed by atoms with E-state index >= 15 is 0 Å². The maximum absolute atomic E-state index is 11.4. The van der Waals surface area contributed by atoms with Gasteiger partial charge in [-0.1, -0.05) is 36.4 Å². The first kappa shape index (κ1) is 21.5. The van der Waals surface area contributed by atoms with Crippen molar-refractivity contribution >= 4 is 34.0 Å². The van der Waals surface area contributed by atoms with Gasteiger partial charge in [0.25, 0.3) is 0 Å². The molecule has 0 fully saturated rings. The predicted molar refractivity (Wildman–Crippen MR) is 109 cm³/mol. The van der Waals surface area contributed by atoms with Crippen molar-refractivity contribution in [3.63, 3.8) is 0 Å². The van der Waals surface area contributed by atoms with Crippen LogP contribution in [0.2, 0.25) is 0 Å². The van der Waals surface area contributed by atoms with E-state index in [0.29, 0.717) is 22.8 Å². The van der Waals surface area contributed by atoms with E-state index in [-0.39, 0.29) is 12.4 Å². The van der Waals surface area contributed by atoms with E-state index in [2.05, 4.69) is 22.4 Å². The number of hydrogen-bond donors (Lipinski definition) is 2. The second-order valence-corrected chi connectivity index (χ2v) is 8.10. The van der Waals surface area contributed by atoms with E-state index in [9.17, 15) is 9.90 Å². The first-order valence-electron chi connectivity index (χ1n) is 8.73. The number of methoxy groups -OCH3 is 1. The highest BCUT2D eigenvalue weighted by molar-refractivity contribution is 8.01. The minimum Gasteiger partial charge on any atom is -0.493 e. The van der Waals surface area contributed by atoms with Crippen molar-refractivity contribution in [3.8, 4) is 11.5 Å². The van der Waals surface area contributed by atoms with Crippen molar-refractivity contribution in [2.75, 3.05) is 31.3 Å². The molecule has 1 unspecified atom stereocenters. The molecule has 2 aromatic rings. The lowest BCUT2D eigenvalue weighted by molar-refractivity contribution is 0.101. The van der Waals surface area contributed by atoms with Gasteiger partial charge in [0.2, 0.25) is 5.13 Å². The first-order valence-corrected chi connectivity index (χ1v) is 10.5. The average molecular weight is 412 g/mol. The monoisotopic (exact) mass is 411 g/mol. The number of hydrogen-bond acceptors (Lipinski definition) is 9. The summed E-state index contributed by atoms with van der Waals surface area (Å²) < 4.78 is 11.7. The molecule has 1 atom stereocenters. The molecule has 27 heavy (non-hydrogen) atoms. The van der Waals surface area contributed by atoms with Crippen LogP contribution in [-0.2, 0) is 0 Å². The van der Waals surface area contributed by atoms with Crippen LogP contribution in [0.15, 0.2) is 22.5 Å². The molecule has 0 amide bonds. The number of aliphatic hydroxyl groups excluding tert-OH is 1. The highest BCUT2D eigenvalue weighted by Gasteiger charge is 2.13. The second kappa shape index (κ2) is 11.1. The highest BCUT2D eigenvalue weighted by Crippen LogP contribution is 2.29. The van der Waals surface area contributed by atoms with Crippen LogP contribution in [0.1, 0.15) is 37.0 Å². The molecule has 148 valence electrons. The van der Waals surface area contributed by atoms with Crippen LogP contribution >= 0.6 is 23.1 Å². The SMILES string of the molecule is CCCCNc1nnc(SCC(O)COc2ccc(C(C)=O)cc2OC)s1. The van der Waals surface area contributed by atoms with Gasteiger partial charge in [0.1, 0.15) is 6.61 Å². The summed E-state index contributed by atoms with van der Waals surface area (Å²) in [6, 6.07) is 4.98. The molecule has 0 radical (unpaired) electrons. The fraction of sp³-hybridized carbons (Fsp3) is 0.500. The number of unbranched alkanes of at least 4 members (excludes halogenated alkanes) is 1. The van der Waals surface area contributed by atoms with E-state index in [1.54, 1.807) is 18.2 Å². The molecule has 0 aliphatic rings. The minimum absolute atomic E-state index is 0.0445. The lowest BCUT2D eigenvalue weighted by Gasteiger charge is -2.14. The molecule has 0 aliphatic carbocycles. The maximum Gasteiger partial charge on any atom is 0.206 e. The summed E-state index contributed by atoms with van der Waals surface area (Å²) in [5.41, 5.74) is 0.551. The number of carbonyl (C=O) groups is 1. The van der Waals surface area contributed by atoms with Crippen molar-refractivity contribution in [2.45, 2.75) is 37.1 Å². The summed E-state index contributed by atoms with van der Waals surface area (Å²) in [6.07, 6.45) is 1.55. The number of ether oxygens (including phenoxy) is 2. The molecule has 0 saturated carbocycles. The average Bonchev–Trinajstić information content (AvgIpc) is 3.12. The zero-order valence-electron chi connectivity index (χ0n) is 15.7. The molecule has 0 saturated heterocycles. The fourth-order valence-corrected chi connectivity index (χ4v) is 3.83. The molecule has 1 aromatic heterocycles. The molecule has 1 heterocycles. The summed E-state index contributed by atoms with van der Waals surface area (Å²) in [7, 11) is 1.51. The zero-order valence-corrected chi connectivity index (χ0v) is 17.4. The van der Waals surface area contributed by atoms with E-state index in [0.717, 1.165) is 28.9 Å². The van der Waals surface area contributed by atoms with Crippen LogP contribution in [0.3, 0.4) is 0 Å². The molecule has 0 aliphatic heterocycles. The molecule has 2 N–H and O–H groups in total. The van der Waals surface area contributed by atoms with Crippen LogP contribution in [0.5, 0.6) is 11.5 Å². The molecular formula is C18H25N3O4S2. The Labute approximate surface area is 167 Å². The highest BCUT2D eigenvalue weighted by atomic mass is 32.2. The Kier molecular flexibility index (Phi) is 8.83. The minimum atomic E-state index is -0.674. The van der Waals surface area contributed by atoms with Gasteiger partial charge in [-0.2, -0.15) is 0 Å². The smallest absolute Gasteiger partial charge is 0.206 e. The van der Waals surface area contributed by atoms with E-state index in [1.165, 1.54) is 37.1 Å². The van der Waals surface area contributed by atoms with Gasteiger partial charge in [-0.25, -0.2) is 0 Å². The number of Topliss-reactive ketones (excluding diaryl/α,β-unsaturated/α-hetero) is 1.